The number of amides is 3. The summed E-state index contributed by atoms with van der Waals surface area (Å²) < 4.78 is 15.7. The van der Waals surface area contributed by atoms with Gasteiger partial charge in [0.25, 0.3) is 5.91 Å². The fourth-order valence-corrected chi connectivity index (χ4v) is 2.18. The van der Waals surface area contributed by atoms with Gasteiger partial charge >= 0.3 is 6.03 Å². The topological polar surface area (TPSA) is 77.1 Å². The van der Waals surface area contributed by atoms with Gasteiger partial charge in [0.1, 0.15) is 11.4 Å². The van der Waals surface area contributed by atoms with E-state index in [1.54, 1.807) is 25.1 Å². The van der Waals surface area contributed by atoms with Crippen molar-refractivity contribution in [2.45, 2.75) is 6.92 Å². The maximum absolute atomic E-state index is 12.1. The first kappa shape index (κ1) is 15.7. The summed E-state index contributed by atoms with van der Waals surface area (Å²) in [5.74, 6) is 1.14. The fraction of sp³-hybridized carbons (Fsp3) is 0.333. The van der Waals surface area contributed by atoms with Crippen LogP contribution in [0, 0.1) is 0 Å². The Kier molecular flexibility index (Phi) is 4.55. The Morgan fingerprint density at radius 3 is 2.14 bits per heavy atom. The van der Waals surface area contributed by atoms with Crippen molar-refractivity contribution in [3.63, 3.8) is 0 Å². The largest absolute Gasteiger partial charge is 0.496 e. The third-order valence-electron chi connectivity index (χ3n) is 3.31. The number of hydrogen-bond donors (Lipinski definition) is 1. The first-order valence-corrected chi connectivity index (χ1v) is 6.70. The van der Waals surface area contributed by atoms with E-state index in [9.17, 15) is 9.59 Å². The summed E-state index contributed by atoms with van der Waals surface area (Å²) in [7, 11) is 4.55. The Morgan fingerprint density at radius 2 is 1.64 bits per heavy atom. The van der Waals surface area contributed by atoms with E-state index in [4.69, 9.17) is 14.2 Å². The molecule has 22 heavy (non-hydrogen) atoms. The van der Waals surface area contributed by atoms with Crippen LogP contribution in [0.1, 0.15) is 12.5 Å². The van der Waals surface area contributed by atoms with Gasteiger partial charge in [0, 0.05) is 18.2 Å². The van der Waals surface area contributed by atoms with Crippen LogP contribution in [0.4, 0.5) is 4.79 Å². The van der Waals surface area contributed by atoms with E-state index in [0.29, 0.717) is 29.4 Å². The molecule has 2 rings (SSSR count). The lowest BCUT2D eigenvalue weighted by Gasteiger charge is -2.12. The fourth-order valence-electron chi connectivity index (χ4n) is 2.18. The molecule has 0 bridgehead atoms. The molecule has 7 nitrogen and oxygen atoms in total. The second kappa shape index (κ2) is 6.38. The summed E-state index contributed by atoms with van der Waals surface area (Å²) in [6.07, 6.45) is 1.55. The van der Waals surface area contributed by atoms with E-state index in [2.05, 4.69) is 5.32 Å². The molecule has 0 radical (unpaired) electrons. The Bertz CT molecular complexity index is 639. The minimum absolute atomic E-state index is 0.192. The average Bonchev–Trinajstić information content (AvgIpc) is 2.80. The molecule has 0 spiro atoms. The molecule has 0 saturated carbocycles. The third-order valence-corrected chi connectivity index (χ3v) is 3.31. The highest BCUT2D eigenvalue weighted by molar-refractivity contribution is 6.14. The number of carbonyl (C=O) groups excluding carboxylic acids is 2. The second-order valence-corrected chi connectivity index (χ2v) is 4.49. The Labute approximate surface area is 128 Å². The van der Waals surface area contributed by atoms with Gasteiger partial charge in [-0.2, -0.15) is 0 Å². The number of benzene rings is 1. The van der Waals surface area contributed by atoms with Gasteiger partial charge < -0.3 is 19.5 Å². The number of methoxy groups -OCH3 is 3. The van der Waals surface area contributed by atoms with Crippen LogP contribution in [-0.4, -0.2) is 44.7 Å². The molecule has 0 aliphatic carbocycles. The van der Waals surface area contributed by atoms with Crippen LogP contribution in [0.2, 0.25) is 0 Å². The summed E-state index contributed by atoms with van der Waals surface area (Å²) in [6, 6.07) is 2.90. The van der Waals surface area contributed by atoms with Gasteiger partial charge in [-0.3, -0.25) is 9.69 Å². The lowest BCUT2D eigenvalue weighted by atomic mass is 10.1. The van der Waals surface area contributed by atoms with Crippen molar-refractivity contribution in [1.82, 2.24) is 10.2 Å². The zero-order valence-corrected chi connectivity index (χ0v) is 12.9. The Balaban J connectivity index is 2.47. The summed E-state index contributed by atoms with van der Waals surface area (Å²) >= 11 is 0. The molecule has 3 amide bonds. The molecule has 1 aliphatic rings. The van der Waals surface area contributed by atoms with E-state index in [0.717, 1.165) is 4.90 Å². The Hall–Kier alpha value is -2.70. The lowest BCUT2D eigenvalue weighted by molar-refractivity contribution is -0.122. The number of hydrogen-bond acceptors (Lipinski definition) is 5. The van der Waals surface area contributed by atoms with Crippen molar-refractivity contribution in [3.8, 4) is 17.2 Å². The molecule has 1 heterocycles. The van der Waals surface area contributed by atoms with Gasteiger partial charge in [0.2, 0.25) is 0 Å². The van der Waals surface area contributed by atoms with Crippen molar-refractivity contribution in [1.29, 1.82) is 0 Å². The molecule has 0 unspecified atom stereocenters. The van der Waals surface area contributed by atoms with Gasteiger partial charge in [0.05, 0.1) is 21.3 Å². The maximum Gasteiger partial charge on any atom is 0.328 e. The predicted molar refractivity (Wildman–Crippen MR) is 80.0 cm³/mol. The highest BCUT2D eigenvalue weighted by atomic mass is 16.5. The number of ether oxygens (including phenoxy) is 3. The molecular formula is C15H18N2O5. The highest BCUT2D eigenvalue weighted by Crippen LogP contribution is 2.35. The molecule has 118 valence electrons. The van der Waals surface area contributed by atoms with Crippen LogP contribution >= 0.6 is 0 Å². The van der Waals surface area contributed by atoms with E-state index >= 15 is 0 Å². The monoisotopic (exact) mass is 306 g/mol. The molecule has 1 aromatic carbocycles. The number of imide groups is 1. The van der Waals surface area contributed by atoms with Crippen molar-refractivity contribution in [2.75, 3.05) is 27.9 Å². The molecule has 1 N–H and O–H groups in total. The van der Waals surface area contributed by atoms with E-state index in [-0.39, 0.29) is 11.6 Å². The predicted octanol–water partition coefficient (Wildman–Crippen LogP) is 1.62. The van der Waals surface area contributed by atoms with Crippen LogP contribution < -0.4 is 19.5 Å². The molecular weight excluding hydrogens is 288 g/mol. The lowest BCUT2D eigenvalue weighted by Crippen LogP contribution is -2.30. The number of rotatable bonds is 5. The second-order valence-electron chi connectivity index (χ2n) is 4.49. The van der Waals surface area contributed by atoms with Crippen molar-refractivity contribution in [3.05, 3.63) is 23.4 Å². The Morgan fingerprint density at radius 1 is 1.05 bits per heavy atom. The van der Waals surface area contributed by atoms with E-state index < -0.39 is 6.03 Å². The molecule has 1 aromatic rings. The zero-order chi connectivity index (χ0) is 16.3. The summed E-state index contributed by atoms with van der Waals surface area (Å²) in [5, 5.41) is 2.54. The quantitative estimate of drug-likeness (QED) is 0.661. The summed E-state index contributed by atoms with van der Waals surface area (Å²) in [4.78, 5) is 24.9. The molecule has 0 atom stereocenters. The molecule has 7 heteroatoms. The molecule has 0 aromatic heterocycles. The summed E-state index contributed by atoms with van der Waals surface area (Å²) in [5.41, 5.74) is 0.791. The number of nitrogens with zero attached hydrogens (tertiary/aromatic N) is 1. The first-order valence-electron chi connectivity index (χ1n) is 6.70. The van der Waals surface area contributed by atoms with Crippen molar-refractivity contribution >= 4 is 18.0 Å². The number of likely N-dealkylation sites (N-methyl/N-ethyl adjacent to an activating group) is 1. The average molecular weight is 306 g/mol. The van der Waals surface area contributed by atoms with Gasteiger partial charge in [-0.15, -0.1) is 0 Å². The van der Waals surface area contributed by atoms with Gasteiger partial charge in [0.15, 0.2) is 11.5 Å². The van der Waals surface area contributed by atoms with Crippen molar-refractivity contribution in [2.24, 2.45) is 0 Å². The van der Waals surface area contributed by atoms with E-state index in [1.807, 2.05) is 0 Å². The maximum atomic E-state index is 12.1. The summed E-state index contributed by atoms with van der Waals surface area (Å²) in [6.45, 7) is 2.04. The molecule has 1 aliphatic heterocycles. The van der Waals surface area contributed by atoms with Gasteiger partial charge in [-0.1, -0.05) is 0 Å². The number of nitrogens with one attached hydrogen (secondary N) is 1. The van der Waals surface area contributed by atoms with E-state index in [1.165, 1.54) is 21.3 Å². The molecule has 1 fully saturated rings. The van der Waals surface area contributed by atoms with Crippen molar-refractivity contribution < 1.29 is 23.8 Å². The van der Waals surface area contributed by atoms with Crippen LogP contribution in [0.5, 0.6) is 17.2 Å². The van der Waals surface area contributed by atoms with Gasteiger partial charge in [-0.05, 0) is 19.1 Å². The minimum Gasteiger partial charge on any atom is -0.496 e. The van der Waals surface area contributed by atoms with Crippen LogP contribution in [0.3, 0.4) is 0 Å². The van der Waals surface area contributed by atoms with Crippen LogP contribution in [-0.2, 0) is 4.79 Å². The normalized spacial score (nSPS) is 16.0. The van der Waals surface area contributed by atoms with Crippen LogP contribution in [0.15, 0.2) is 17.8 Å². The smallest absolute Gasteiger partial charge is 0.328 e. The molecule has 1 saturated heterocycles. The number of urea groups is 1. The zero-order valence-electron chi connectivity index (χ0n) is 12.9. The van der Waals surface area contributed by atoms with Crippen LogP contribution in [0.25, 0.3) is 6.08 Å². The SMILES string of the molecule is CCN1C(=O)N/C(=C\c2cc(OC)c(OC)cc2OC)C1=O. The standard InChI is InChI=1S/C15H18N2O5/c1-5-17-14(18)10(16-15(17)19)6-9-7-12(21-3)13(22-4)8-11(9)20-2/h6-8H,5H2,1-4H3,(H,16,19)/b10-6-. The highest BCUT2D eigenvalue weighted by Gasteiger charge is 2.32. The third kappa shape index (κ3) is 2.69. The minimum atomic E-state index is -0.432. The first-order chi connectivity index (χ1) is 10.5. The van der Waals surface area contributed by atoms with Gasteiger partial charge in [-0.25, -0.2) is 4.79 Å². The number of carbonyl (C=O) groups is 2.